The fourth-order valence-electron chi connectivity index (χ4n) is 3.60. The Hall–Kier alpha value is -2.70. The summed E-state index contributed by atoms with van der Waals surface area (Å²) < 4.78 is 61.9. The molecule has 1 saturated carbocycles. The first-order valence-corrected chi connectivity index (χ1v) is 8.49. The molecule has 2 aliphatic rings. The number of hydrogen-bond donors (Lipinski definition) is 0. The minimum atomic E-state index is -3.07. The number of hydrogen-bond acceptors (Lipinski definition) is 3. The molecular weight excluding hydrogens is 362 g/mol. The lowest BCUT2D eigenvalue weighted by Crippen LogP contribution is -2.42. The highest BCUT2D eigenvalue weighted by molar-refractivity contribution is 6.07. The van der Waals surface area contributed by atoms with Crippen molar-refractivity contribution < 1.29 is 27.1 Å². The normalized spacial score (nSPS) is 26.2. The molecule has 0 bridgehead atoms. The second kappa shape index (κ2) is 6.48. The highest BCUT2D eigenvalue weighted by atomic mass is 19.3. The number of nitrogens with zero attached hydrogens (tertiary/aromatic N) is 1. The maximum absolute atomic E-state index is 14.4. The molecule has 0 radical (unpaired) electrons. The summed E-state index contributed by atoms with van der Waals surface area (Å²) >= 11 is 0. The Morgan fingerprint density at radius 1 is 1.15 bits per heavy atom. The summed E-state index contributed by atoms with van der Waals surface area (Å²) in [6, 6.07) is 11.5. The molecule has 2 aromatic carbocycles. The molecule has 2 aromatic rings. The van der Waals surface area contributed by atoms with Crippen LogP contribution >= 0.6 is 0 Å². The maximum Gasteiger partial charge on any atom is 0.268 e. The van der Waals surface area contributed by atoms with Crippen molar-refractivity contribution in [1.29, 1.82) is 0 Å². The van der Waals surface area contributed by atoms with E-state index in [4.69, 9.17) is 4.74 Å². The molecule has 3 atom stereocenters. The molecule has 0 amide bonds. The fraction of sp³-hybridized carbons (Fsp3) is 0.300. The molecule has 7 heteroatoms. The number of carbonyl (C=O) groups excluding carboxylic acids is 1. The van der Waals surface area contributed by atoms with Gasteiger partial charge in [-0.1, -0.05) is 42.5 Å². The lowest BCUT2D eigenvalue weighted by Gasteiger charge is -2.34. The Balaban J connectivity index is 1.74. The zero-order chi connectivity index (χ0) is 19.2. The SMILES string of the molecule is O=C(CC1=N[C@@](c2cccc(F)c2F)(C(F)F)[C@H]2C[C@H]2O1)c1ccccc1. The van der Waals surface area contributed by atoms with Crippen molar-refractivity contribution in [2.45, 2.75) is 30.9 Å². The van der Waals surface area contributed by atoms with E-state index in [1.54, 1.807) is 30.3 Å². The predicted octanol–water partition coefficient (Wildman–Crippen LogP) is 4.52. The number of ether oxygens (including phenoxy) is 1. The van der Waals surface area contributed by atoms with Crippen LogP contribution in [-0.4, -0.2) is 24.2 Å². The topological polar surface area (TPSA) is 38.7 Å². The van der Waals surface area contributed by atoms with Gasteiger partial charge in [-0.3, -0.25) is 4.79 Å². The number of alkyl halides is 2. The number of aliphatic imine (C=N–C) groups is 1. The second-order valence-corrected chi connectivity index (χ2v) is 6.70. The molecule has 1 fully saturated rings. The first-order valence-electron chi connectivity index (χ1n) is 8.49. The highest BCUT2D eigenvalue weighted by Crippen LogP contribution is 2.56. The molecule has 0 spiro atoms. The number of Topliss-reactive ketones (excluding diaryl/α,β-unsaturated/α-hetero) is 1. The summed E-state index contributed by atoms with van der Waals surface area (Å²) in [6.07, 6.45) is -3.74. The van der Waals surface area contributed by atoms with E-state index in [0.29, 0.717) is 5.56 Å². The minimum Gasteiger partial charge on any atom is -0.477 e. The van der Waals surface area contributed by atoms with E-state index in [2.05, 4.69) is 4.99 Å². The maximum atomic E-state index is 14.4. The third-order valence-corrected chi connectivity index (χ3v) is 5.02. The first kappa shape index (κ1) is 17.7. The zero-order valence-corrected chi connectivity index (χ0v) is 14.0. The Morgan fingerprint density at radius 3 is 2.59 bits per heavy atom. The average molecular weight is 377 g/mol. The van der Waals surface area contributed by atoms with Gasteiger partial charge in [-0.2, -0.15) is 0 Å². The number of rotatable bonds is 5. The minimum absolute atomic E-state index is 0.174. The van der Waals surface area contributed by atoms with E-state index in [1.807, 2.05) is 0 Å². The quantitative estimate of drug-likeness (QED) is 0.568. The van der Waals surface area contributed by atoms with Crippen LogP contribution in [0.1, 0.15) is 28.8 Å². The summed E-state index contributed by atoms with van der Waals surface area (Å²) in [4.78, 5) is 16.4. The number of halogens is 4. The van der Waals surface area contributed by atoms with Crippen molar-refractivity contribution in [2.75, 3.05) is 0 Å². The molecule has 1 aliphatic heterocycles. The lowest BCUT2D eigenvalue weighted by atomic mass is 9.84. The van der Waals surface area contributed by atoms with Crippen LogP contribution in [0.4, 0.5) is 17.6 Å². The van der Waals surface area contributed by atoms with Gasteiger partial charge in [0.1, 0.15) is 6.10 Å². The van der Waals surface area contributed by atoms with E-state index in [-0.39, 0.29) is 24.5 Å². The largest absolute Gasteiger partial charge is 0.477 e. The number of ketones is 1. The van der Waals surface area contributed by atoms with Crippen molar-refractivity contribution in [1.82, 2.24) is 0 Å². The fourth-order valence-corrected chi connectivity index (χ4v) is 3.60. The van der Waals surface area contributed by atoms with Gasteiger partial charge in [0.2, 0.25) is 0 Å². The van der Waals surface area contributed by atoms with Crippen molar-refractivity contribution in [3.8, 4) is 0 Å². The summed E-state index contributed by atoms with van der Waals surface area (Å²) in [5, 5.41) is 0. The molecule has 4 rings (SSSR count). The molecule has 1 heterocycles. The molecule has 3 nitrogen and oxygen atoms in total. The smallest absolute Gasteiger partial charge is 0.268 e. The Morgan fingerprint density at radius 2 is 1.89 bits per heavy atom. The van der Waals surface area contributed by atoms with Crippen molar-refractivity contribution >= 4 is 11.7 Å². The third-order valence-electron chi connectivity index (χ3n) is 5.02. The van der Waals surface area contributed by atoms with E-state index < -0.39 is 41.2 Å². The lowest BCUT2D eigenvalue weighted by molar-refractivity contribution is 0.0169. The van der Waals surface area contributed by atoms with Crippen LogP contribution in [0.3, 0.4) is 0 Å². The standard InChI is InChI=1S/C20H15F4NO2/c21-14-8-4-7-12(18(14)22)20(19(23)24)13-9-16(13)27-17(25-20)10-15(26)11-5-2-1-3-6-11/h1-8,13,16,19H,9-10H2/t13-,16+,20+/m0/s1. The second-order valence-electron chi connectivity index (χ2n) is 6.70. The Labute approximate surface area is 152 Å². The van der Waals surface area contributed by atoms with Gasteiger partial charge in [-0.05, 0) is 12.5 Å². The third kappa shape index (κ3) is 2.91. The van der Waals surface area contributed by atoms with Crippen LogP contribution in [0.2, 0.25) is 0 Å². The van der Waals surface area contributed by atoms with E-state index >= 15 is 0 Å². The molecule has 140 valence electrons. The van der Waals surface area contributed by atoms with Gasteiger partial charge >= 0.3 is 0 Å². The average Bonchev–Trinajstić information content (AvgIpc) is 3.44. The zero-order valence-electron chi connectivity index (χ0n) is 14.0. The van der Waals surface area contributed by atoms with Crippen LogP contribution < -0.4 is 0 Å². The van der Waals surface area contributed by atoms with Gasteiger partial charge in [-0.25, -0.2) is 22.6 Å². The number of benzene rings is 2. The summed E-state index contributed by atoms with van der Waals surface area (Å²) in [6.45, 7) is 0. The van der Waals surface area contributed by atoms with Crippen LogP contribution in [-0.2, 0) is 10.3 Å². The molecular formula is C20H15F4NO2. The van der Waals surface area contributed by atoms with Gasteiger partial charge in [-0.15, -0.1) is 0 Å². The van der Waals surface area contributed by atoms with Crippen molar-refractivity contribution in [3.63, 3.8) is 0 Å². The van der Waals surface area contributed by atoms with Crippen molar-refractivity contribution in [3.05, 3.63) is 71.3 Å². The van der Waals surface area contributed by atoms with Gasteiger partial charge < -0.3 is 4.74 Å². The summed E-state index contributed by atoms with van der Waals surface area (Å²) in [7, 11) is 0. The van der Waals surface area contributed by atoms with Gasteiger partial charge in [0, 0.05) is 17.0 Å². The summed E-state index contributed by atoms with van der Waals surface area (Å²) in [5.41, 5.74) is -2.36. The Kier molecular flexibility index (Phi) is 4.25. The van der Waals surface area contributed by atoms with Crippen molar-refractivity contribution in [2.24, 2.45) is 10.9 Å². The number of fused-ring (bicyclic) bond motifs is 1. The highest BCUT2D eigenvalue weighted by Gasteiger charge is 2.64. The molecule has 0 N–H and O–H groups in total. The Bertz CT molecular complexity index is 915. The van der Waals surface area contributed by atoms with Gasteiger partial charge in [0.15, 0.2) is 28.9 Å². The first-order chi connectivity index (χ1) is 12.9. The van der Waals surface area contributed by atoms with Crippen LogP contribution in [0.5, 0.6) is 0 Å². The molecule has 1 aliphatic carbocycles. The molecule has 27 heavy (non-hydrogen) atoms. The molecule has 0 unspecified atom stereocenters. The number of carbonyl (C=O) groups is 1. The predicted molar refractivity (Wildman–Crippen MR) is 89.8 cm³/mol. The van der Waals surface area contributed by atoms with E-state index in [9.17, 15) is 22.4 Å². The monoisotopic (exact) mass is 377 g/mol. The van der Waals surface area contributed by atoms with Gasteiger partial charge in [0.05, 0.1) is 6.42 Å². The van der Waals surface area contributed by atoms with E-state index in [1.165, 1.54) is 6.07 Å². The van der Waals surface area contributed by atoms with Crippen LogP contribution in [0.15, 0.2) is 53.5 Å². The molecule has 0 saturated heterocycles. The van der Waals surface area contributed by atoms with Gasteiger partial charge in [0.25, 0.3) is 6.43 Å². The van der Waals surface area contributed by atoms with Crippen LogP contribution in [0.25, 0.3) is 0 Å². The van der Waals surface area contributed by atoms with Crippen LogP contribution in [0, 0.1) is 17.6 Å². The molecule has 0 aromatic heterocycles. The van der Waals surface area contributed by atoms with E-state index in [0.717, 1.165) is 12.1 Å². The summed E-state index contributed by atoms with van der Waals surface area (Å²) in [5.74, 6) is -3.84.